The van der Waals surface area contributed by atoms with Gasteiger partial charge in [-0.15, -0.1) is 0 Å². The molecule has 454 valence electrons. The minimum Gasteiger partial charge on any atom is -0.756 e. The molecule has 0 aromatic heterocycles. The fourth-order valence-corrected chi connectivity index (χ4v) is 10.6. The van der Waals surface area contributed by atoms with Crippen LogP contribution in [0.1, 0.15) is 329 Å². The van der Waals surface area contributed by atoms with Gasteiger partial charge in [-0.2, -0.15) is 0 Å². The first kappa shape index (κ1) is 75.2. The quantitative estimate of drug-likeness (QED) is 0.0212. The van der Waals surface area contributed by atoms with Crippen molar-refractivity contribution >= 4 is 19.7 Å². The van der Waals surface area contributed by atoms with Gasteiger partial charge in [0.05, 0.1) is 33.8 Å². The molecule has 0 radical (unpaired) electrons. The summed E-state index contributed by atoms with van der Waals surface area (Å²) in [7, 11) is 1.20. The molecule has 0 bridgehead atoms. The number of nitrogens with one attached hydrogen (secondary N) is 1. The highest BCUT2D eigenvalue weighted by Crippen LogP contribution is 2.38. The average Bonchev–Trinajstić information content (AvgIpc) is 3.39. The summed E-state index contributed by atoms with van der Waals surface area (Å²) >= 11 is 0. The smallest absolute Gasteiger partial charge is 0.306 e. The summed E-state index contributed by atoms with van der Waals surface area (Å²) in [6.07, 6.45) is 69.6. The van der Waals surface area contributed by atoms with Gasteiger partial charge in [0, 0.05) is 12.8 Å². The van der Waals surface area contributed by atoms with Crippen LogP contribution in [-0.2, 0) is 27.9 Å². The first-order chi connectivity index (χ1) is 37.4. The number of phosphoric ester groups is 1. The van der Waals surface area contributed by atoms with E-state index >= 15 is 0 Å². The topological polar surface area (TPSA) is 114 Å². The molecule has 3 unspecified atom stereocenters. The van der Waals surface area contributed by atoms with Crippen molar-refractivity contribution in [3.8, 4) is 0 Å². The average molecular weight is 1110 g/mol. The van der Waals surface area contributed by atoms with E-state index in [1.165, 1.54) is 231 Å². The maximum Gasteiger partial charge on any atom is 0.306 e. The number of rotatable bonds is 61. The number of hydrogen-bond donors (Lipinski definition) is 1. The van der Waals surface area contributed by atoms with Crippen LogP contribution >= 0.6 is 7.82 Å². The molecule has 0 aliphatic carbocycles. The lowest BCUT2D eigenvalue weighted by atomic mass is 10.0. The molecule has 1 amide bonds. The predicted octanol–water partition coefficient (Wildman–Crippen LogP) is 20.0. The minimum absolute atomic E-state index is 0.0197. The molecule has 0 rings (SSSR count). The number of esters is 1. The normalized spacial score (nSPS) is 13.8. The molecule has 0 aliphatic heterocycles. The van der Waals surface area contributed by atoms with Crippen molar-refractivity contribution in [1.82, 2.24) is 5.32 Å². The molecular formula is C67H129N2O7P. The standard InChI is InChI=1S/C67H129N2O7P/c1-7-10-13-16-19-22-25-28-30-32-33-34-35-37-39-42-45-48-51-54-57-60-67(71)76-65(58-55-52-49-46-43-40-27-24-21-18-15-12-9-3)64(63-75-77(72,73)74-62-61-69(4,5)6)68-66(70)59-56-53-50-47-44-41-38-36-31-29-26-23-20-17-14-11-8-2/h19,22,28,30,55,58,64-65H,7-18,20-21,23-27,29,31-54,56-57,59-63H2,1-6H3,(H-,68,70,72,73)/b22-19-,30-28-,58-55+. The highest BCUT2D eigenvalue weighted by molar-refractivity contribution is 7.45. The van der Waals surface area contributed by atoms with Crippen molar-refractivity contribution in [1.29, 1.82) is 0 Å². The first-order valence-corrected chi connectivity index (χ1v) is 34.8. The third-order valence-electron chi connectivity index (χ3n) is 15.1. The molecule has 0 aromatic rings. The number of quaternary nitrogens is 1. The number of allylic oxidation sites excluding steroid dienone is 5. The van der Waals surface area contributed by atoms with E-state index in [4.69, 9.17) is 13.8 Å². The molecule has 0 aromatic carbocycles. The molecule has 9 nitrogen and oxygen atoms in total. The van der Waals surface area contributed by atoms with Crippen LogP contribution in [0.15, 0.2) is 36.5 Å². The zero-order valence-electron chi connectivity index (χ0n) is 51.9. The lowest BCUT2D eigenvalue weighted by molar-refractivity contribution is -0.870. The summed E-state index contributed by atoms with van der Waals surface area (Å²) in [5.74, 6) is -0.526. The van der Waals surface area contributed by atoms with Crippen LogP contribution in [0.4, 0.5) is 0 Å². The van der Waals surface area contributed by atoms with E-state index in [9.17, 15) is 19.0 Å². The molecule has 0 aliphatic rings. The van der Waals surface area contributed by atoms with Crippen molar-refractivity contribution in [3.63, 3.8) is 0 Å². The van der Waals surface area contributed by atoms with Gasteiger partial charge in [-0.1, -0.05) is 289 Å². The number of carbonyl (C=O) groups excluding carboxylic acids is 2. The van der Waals surface area contributed by atoms with Crippen LogP contribution in [0, 0.1) is 0 Å². The second-order valence-electron chi connectivity index (χ2n) is 24.0. The van der Waals surface area contributed by atoms with Gasteiger partial charge in [-0.25, -0.2) is 0 Å². The zero-order valence-corrected chi connectivity index (χ0v) is 52.8. The first-order valence-electron chi connectivity index (χ1n) is 33.3. The largest absolute Gasteiger partial charge is 0.756 e. The van der Waals surface area contributed by atoms with Crippen LogP contribution < -0.4 is 10.2 Å². The van der Waals surface area contributed by atoms with E-state index in [0.29, 0.717) is 17.4 Å². The number of ether oxygens (including phenoxy) is 1. The Hall–Kier alpha value is -1.77. The Morgan fingerprint density at radius 3 is 1.19 bits per heavy atom. The maximum atomic E-state index is 13.6. The highest BCUT2D eigenvalue weighted by atomic mass is 31.2. The number of amides is 1. The predicted molar refractivity (Wildman–Crippen MR) is 330 cm³/mol. The third-order valence-corrected chi connectivity index (χ3v) is 16.0. The molecule has 0 saturated heterocycles. The summed E-state index contributed by atoms with van der Waals surface area (Å²) in [5, 5.41) is 3.04. The number of hydrogen-bond acceptors (Lipinski definition) is 7. The van der Waals surface area contributed by atoms with Crippen LogP contribution in [0.2, 0.25) is 0 Å². The summed E-state index contributed by atoms with van der Waals surface area (Å²) in [6, 6.07) is -0.885. The second-order valence-corrected chi connectivity index (χ2v) is 25.4. The number of likely N-dealkylation sites (N-methyl/N-ethyl adjacent to an activating group) is 1. The Balaban J connectivity index is 5.18. The Morgan fingerprint density at radius 1 is 0.455 bits per heavy atom. The van der Waals surface area contributed by atoms with E-state index in [2.05, 4.69) is 50.4 Å². The SMILES string of the molecule is CCCCC/C=C\C/C=C\CCCCCCCCCCCCCC(=O)OC(/C=C/CCCCCCCCCCCCC)C(COP(=O)([O-])OCC[N+](C)(C)C)NC(=O)CCCCCCCCCCCCCCCCCCC. The molecule has 0 saturated carbocycles. The Labute approximate surface area is 478 Å². The summed E-state index contributed by atoms with van der Waals surface area (Å²) in [5.41, 5.74) is 0. The van der Waals surface area contributed by atoms with Gasteiger partial charge in [0.1, 0.15) is 19.3 Å². The molecule has 0 fully saturated rings. The van der Waals surface area contributed by atoms with Gasteiger partial charge in [0.2, 0.25) is 5.91 Å². The van der Waals surface area contributed by atoms with Gasteiger partial charge in [0.15, 0.2) is 0 Å². The van der Waals surface area contributed by atoms with Gasteiger partial charge < -0.3 is 28.5 Å². The number of phosphoric acid groups is 1. The Kier molecular flexibility index (Phi) is 56.1. The van der Waals surface area contributed by atoms with Crippen molar-refractivity contribution in [2.75, 3.05) is 40.9 Å². The number of nitrogens with zero attached hydrogens (tertiary/aromatic N) is 1. The van der Waals surface area contributed by atoms with Gasteiger partial charge >= 0.3 is 5.97 Å². The minimum atomic E-state index is -4.70. The van der Waals surface area contributed by atoms with E-state index in [0.717, 1.165) is 64.2 Å². The summed E-state index contributed by atoms with van der Waals surface area (Å²) in [6.45, 7) is 6.87. The lowest BCUT2D eigenvalue weighted by Gasteiger charge is -2.30. The van der Waals surface area contributed by atoms with Crippen LogP contribution in [0.3, 0.4) is 0 Å². The van der Waals surface area contributed by atoms with E-state index in [-0.39, 0.29) is 31.5 Å². The van der Waals surface area contributed by atoms with E-state index in [1.807, 2.05) is 33.3 Å². The molecule has 0 spiro atoms. The van der Waals surface area contributed by atoms with E-state index < -0.39 is 20.0 Å². The molecular weight excluding hydrogens is 976 g/mol. The fourth-order valence-electron chi connectivity index (χ4n) is 9.91. The Bertz CT molecular complexity index is 1410. The van der Waals surface area contributed by atoms with Crippen molar-refractivity contribution < 1.29 is 37.3 Å². The van der Waals surface area contributed by atoms with Crippen LogP contribution in [0.5, 0.6) is 0 Å². The van der Waals surface area contributed by atoms with Gasteiger partial charge in [0.25, 0.3) is 7.82 Å². The molecule has 3 atom stereocenters. The third kappa shape index (κ3) is 58.7. The Morgan fingerprint density at radius 2 is 0.792 bits per heavy atom. The van der Waals surface area contributed by atoms with Crippen LogP contribution in [0.25, 0.3) is 0 Å². The van der Waals surface area contributed by atoms with E-state index in [1.54, 1.807) is 0 Å². The molecule has 1 N–H and O–H groups in total. The zero-order chi connectivity index (χ0) is 56.4. The summed E-state index contributed by atoms with van der Waals surface area (Å²) < 4.78 is 30.4. The maximum absolute atomic E-state index is 13.6. The fraction of sp³-hybridized carbons (Fsp3) is 0.881. The second kappa shape index (κ2) is 57.5. The van der Waals surface area contributed by atoms with Gasteiger partial charge in [-0.05, 0) is 63.9 Å². The molecule has 0 heterocycles. The van der Waals surface area contributed by atoms with Gasteiger partial charge in [-0.3, -0.25) is 14.2 Å². The molecule has 77 heavy (non-hydrogen) atoms. The number of carbonyl (C=O) groups is 2. The van der Waals surface area contributed by atoms with Crippen molar-refractivity contribution in [3.05, 3.63) is 36.5 Å². The lowest BCUT2D eigenvalue weighted by Crippen LogP contribution is -2.47. The highest BCUT2D eigenvalue weighted by Gasteiger charge is 2.27. The number of unbranched alkanes of at least 4 members (excludes halogenated alkanes) is 41. The van der Waals surface area contributed by atoms with Crippen molar-refractivity contribution in [2.45, 2.75) is 341 Å². The monoisotopic (exact) mass is 1100 g/mol. The molecule has 10 heteroatoms. The van der Waals surface area contributed by atoms with Crippen molar-refractivity contribution in [2.24, 2.45) is 0 Å². The van der Waals surface area contributed by atoms with Crippen LogP contribution in [-0.4, -0.2) is 69.4 Å². The summed E-state index contributed by atoms with van der Waals surface area (Å²) in [4.78, 5) is 40.1.